The molecule has 4 nitrogen and oxygen atoms in total. The number of carbonyl (C=O) groups excluding carboxylic acids is 1. The minimum absolute atomic E-state index is 0.145. The summed E-state index contributed by atoms with van der Waals surface area (Å²) in [5, 5.41) is 0.145. The summed E-state index contributed by atoms with van der Waals surface area (Å²) >= 11 is 0. The molecular weight excluding hydrogens is 476 g/mol. The summed E-state index contributed by atoms with van der Waals surface area (Å²) in [6.45, 7) is 15.1. The Balaban J connectivity index is 1.44. The number of hydrogen-bond donors (Lipinski definition) is 0. The van der Waals surface area contributed by atoms with Crippen LogP contribution in [0.3, 0.4) is 0 Å². The number of benzene rings is 1. The number of Topliss-reactive ketones (excluding diaryl/α,β-unsaturated/α-hetero) is 1. The molecule has 37 heavy (non-hydrogen) atoms. The first-order chi connectivity index (χ1) is 17.4. The molecule has 0 bridgehead atoms. The van der Waals surface area contributed by atoms with Crippen molar-refractivity contribution >= 4 is 14.1 Å². The molecule has 4 aliphatic carbocycles. The number of ketones is 1. The molecule has 6 rings (SSSR count). The van der Waals surface area contributed by atoms with Crippen LogP contribution in [0.5, 0.6) is 5.75 Å². The van der Waals surface area contributed by atoms with Gasteiger partial charge in [0.05, 0.1) is 13.2 Å². The van der Waals surface area contributed by atoms with E-state index in [1.807, 2.05) is 0 Å². The van der Waals surface area contributed by atoms with E-state index in [-0.39, 0.29) is 16.4 Å². The van der Waals surface area contributed by atoms with Crippen LogP contribution >= 0.6 is 0 Å². The number of hydrogen-bond acceptors (Lipinski definition) is 4. The highest BCUT2D eigenvalue weighted by molar-refractivity contribution is 6.74. The zero-order chi connectivity index (χ0) is 26.2. The van der Waals surface area contributed by atoms with Crippen molar-refractivity contribution in [2.75, 3.05) is 13.2 Å². The van der Waals surface area contributed by atoms with Crippen LogP contribution in [0.2, 0.25) is 18.1 Å². The molecule has 5 heteroatoms. The molecule has 4 atom stereocenters. The standard InChI is InChI=1S/C32H44O4Si/c1-30(2,3)37(5,6)36-23-9-7-8-21(18-23)26-20-31(4)27(12-13-28(31)33)25-11-10-22-19-32(34-16-17-35-32)15-14-24(22)29(25)26/h7-9,18-19,25-27H,10-17,20H2,1-6H3/t25?,26-,27?,31+/m1/s1. The van der Waals surface area contributed by atoms with Crippen LogP contribution in [-0.2, 0) is 14.3 Å². The average molecular weight is 521 g/mol. The molecule has 1 saturated heterocycles. The molecule has 1 aromatic carbocycles. The van der Waals surface area contributed by atoms with Crippen molar-refractivity contribution in [2.45, 2.75) is 102 Å². The quantitative estimate of drug-likeness (QED) is 0.383. The largest absolute Gasteiger partial charge is 0.543 e. The minimum atomic E-state index is -1.95. The second-order valence-electron chi connectivity index (χ2n) is 13.9. The molecular formula is C32H44O4Si. The van der Waals surface area contributed by atoms with Crippen LogP contribution in [0.1, 0.15) is 84.1 Å². The van der Waals surface area contributed by atoms with Gasteiger partial charge in [-0.15, -0.1) is 0 Å². The Morgan fingerprint density at radius 1 is 1.05 bits per heavy atom. The van der Waals surface area contributed by atoms with Crippen molar-refractivity contribution in [3.05, 3.63) is 52.6 Å². The molecule has 0 N–H and O–H groups in total. The average Bonchev–Trinajstić information content (AvgIpc) is 3.41. The van der Waals surface area contributed by atoms with Gasteiger partial charge in [-0.25, -0.2) is 0 Å². The Labute approximate surface area is 224 Å². The molecule has 0 aromatic heterocycles. The summed E-state index contributed by atoms with van der Waals surface area (Å²) in [4.78, 5) is 13.3. The normalized spacial score (nSPS) is 33.2. The van der Waals surface area contributed by atoms with E-state index in [0.717, 1.165) is 50.7 Å². The van der Waals surface area contributed by atoms with Crippen LogP contribution in [-0.4, -0.2) is 33.1 Å². The first-order valence-electron chi connectivity index (χ1n) is 14.5. The Morgan fingerprint density at radius 3 is 2.54 bits per heavy atom. The molecule has 1 aromatic rings. The van der Waals surface area contributed by atoms with Gasteiger partial charge in [-0.05, 0) is 97.0 Å². The van der Waals surface area contributed by atoms with Crippen molar-refractivity contribution in [3.63, 3.8) is 0 Å². The van der Waals surface area contributed by atoms with Crippen molar-refractivity contribution in [3.8, 4) is 5.75 Å². The van der Waals surface area contributed by atoms with Gasteiger partial charge >= 0.3 is 0 Å². The van der Waals surface area contributed by atoms with Gasteiger partial charge < -0.3 is 13.9 Å². The Kier molecular flexibility index (Phi) is 5.98. The minimum Gasteiger partial charge on any atom is -0.543 e. The van der Waals surface area contributed by atoms with Gasteiger partial charge in [-0.1, -0.05) is 45.4 Å². The van der Waals surface area contributed by atoms with E-state index in [2.05, 4.69) is 71.1 Å². The van der Waals surface area contributed by atoms with E-state index in [4.69, 9.17) is 13.9 Å². The SMILES string of the molecule is CC(C)(C)[Si](C)(C)Oc1cccc([C@H]2C[C@]3(C)C(=O)CCC3C3CCC4=CC5(CCC4=C32)OCCO5)c1. The van der Waals surface area contributed by atoms with Crippen LogP contribution in [0.25, 0.3) is 0 Å². The molecule has 5 aliphatic rings. The first-order valence-corrected chi connectivity index (χ1v) is 17.4. The third-order valence-corrected chi connectivity index (χ3v) is 15.2. The van der Waals surface area contributed by atoms with E-state index >= 15 is 0 Å². The summed E-state index contributed by atoms with van der Waals surface area (Å²) in [7, 11) is -1.95. The zero-order valence-electron chi connectivity index (χ0n) is 23.6. The maximum absolute atomic E-state index is 13.3. The van der Waals surface area contributed by atoms with Crippen molar-refractivity contribution in [1.82, 2.24) is 0 Å². The zero-order valence-corrected chi connectivity index (χ0v) is 24.6. The third-order valence-electron chi connectivity index (χ3n) is 10.8. The predicted molar refractivity (Wildman–Crippen MR) is 149 cm³/mol. The first kappa shape index (κ1) is 25.6. The lowest BCUT2D eigenvalue weighted by Crippen LogP contribution is -2.44. The Hall–Kier alpha value is -1.69. The third kappa shape index (κ3) is 4.11. The van der Waals surface area contributed by atoms with E-state index in [1.54, 1.807) is 11.1 Å². The fourth-order valence-electron chi connectivity index (χ4n) is 7.79. The summed E-state index contributed by atoms with van der Waals surface area (Å²) in [6.07, 6.45) is 9.12. The molecule has 0 radical (unpaired) electrons. The van der Waals surface area contributed by atoms with Gasteiger partial charge in [0.1, 0.15) is 11.5 Å². The van der Waals surface area contributed by atoms with Crippen LogP contribution in [0.4, 0.5) is 0 Å². The van der Waals surface area contributed by atoms with Gasteiger partial charge in [0.15, 0.2) is 5.79 Å². The number of ether oxygens (including phenoxy) is 2. The monoisotopic (exact) mass is 520 g/mol. The molecule has 1 spiro atoms. The molecule has 1 aliphatic heterocycles. The van der Waals surface area contributed by atoms with Crippen molar-refractivity contribution < 1.29 is 18.7 Å². The Morgan fingerprint density at radius 2 is 1.81 bits per heavy atom. The van der Waals surface area contributed by atoms with Gasteiger partial charge in [-0.3, -0.25) is 4.79 Å². The molecule has 1 heterocycles. The molecule has 200 valence electrons. The molecule has 2 saturated carbocycles. The van der Waals surface area contributed by atoms with E-state index in [9.17, 15) is 4.79 Å². The Bertz CT molecular complexity index is 1170. The van der Waals surface area contributed by atoms with Gasteiger partial charge in [0.2, 0.25) is 8.32 Å². The number of allylic oxidation sites excluding steroid dienone is 3. The lowest BCUT2D eigenvalue weighted by Gasteiger charge is -2.51. The van der Waals surface area contributed by atoms with Gasteiger partial charge in [0.25, 0.3) is 0 Å². The second-order valence-corrected chi connectivity index (χ2v) is 18.7. The van der Waals surface area contributed by atoms with E-state index in [1.165, 1.54) is 11.1 Å². The second kappa shape index (κ2) is 8.66. The predicted octanol–water partition coefficient (Wildman–Crippen LogP) is 7.71. The van der Waals surface area contributed by atoms with Gasteiger partial charge in [0, 0.05) is 24.2 Å². The topological polar surface area (TPSA) is 44.8 Å². The maximum Gasteiger partial charge on any atom is 0.250 e. The number of fused-ring (bicyclic) bond motifs is 4. The maximum atomic E-state index is 13.3. The number of rotatable bonds is 3. The molecule has 3 fully saturated rings. The van der Waals surface area contributed by atoms with Gasteiger partial charge in [-0.2, -0.15) is 0 Å². The highest BCUT2D eigenvalue weighted by Crippen LogP contribution is 2.63. The highest BCUT2D eigenvalue weighted by Gasteiger charge is 2.57. The fraction of sp³-hybridized carbons (Fsp3) is 0.656. The van der Waals surface area contributed by atoms with Crippen LogP contribution in [0, 0.1) is 17.3 Å². The summed E-state index contributed by atoms with van der Waals surface area (Å²) in [5.41, 5.74) is 5.70. The van der Waals surface area contributed by atoms with Crippen molar-refractivity contribution in [2.24, 2.45) is 17.3 Å². The number of carbonyl (C=O) groups is 1. The van der Waals surface area contributed by atoms with E-state index in [0.29, 0.717) is 30.8 Å². The summed E-state index contributed by atoms with van der Waals surface area (Å²) < 4.78 is 18.9. The summed E-state index contributed by atoms with van der Waals surface area (Å²) in [6, 6.07) is 8.87. The van der Waals surface area contributed by atoms with E-state index < -0.39 is 14.1 Å². The molecule has 2 unspecified atom stereocenters. The highest BCUT2D eigenvalue weighted by atomic mass is 28.4. The van der Waals surface area contributed by atoms with Crippen LogP contribution in [0.15, 0.2) is 47.1 Å². The molecule has 0 amide bonds. The lowest BCUT2D eigenvalue weighted by molar-refractivity contribution is -0.128. The fourth-order valence-corrected chi connectivity index (χ4v) is 8.82. The summed E-state index contributed by atoms with van der Waals surface area (Å²) in [5.74, 6) is 2.18. The smallest absolute Gasteiger partial charge is 0.250 e. The lowest BCUT2D eigenvalue weighted by atomic mass is 9.53. The van der Waals surface area contributed by atoms with Crippen LogP contribution < -0.4 is 4.43 Å². The van der Waals surface area contributed by atoms with Crippen molar-refractivity contribution in [1.29, 1.82) is 0 Å².